The first kappa shape index (κ1) is 21.9. The van der Waals surface area contributed by atoms with Gasteiger partial charge in [-0.2, -0.15) is 0 Å². The van der Waals surface area contributed by atoms with Crippen LogP contribution in [0.25, 0.3) is 0 Å². The quantitative estimate of drug-likeness (QED) is 0.745. The van der Waals surface area contributed by atoms with E-state index < -0.39 is 5.97 Å². The molecule has 0 aromatic carbocycles. The van der Waals surface area contributed by atoms with E-state index in [-0.39, 0.29) is 30.9 Å². The van der Waals surface area contributed by atoms with Crippen molar-refractivity contribution in [3.8, 4) is 0 Å². The van der Waals surface area contributed by atoms with Crippen molar-refractivity contribution in [2.75, 3.05) is 33.2 Å². The van der Waals surface area contributed by atoms with Crippen LogP contribution >= 0.6 is 23.7 Å². The maximum atomic E-state index is 12.2. The van der Waals surface area contributed by atoms with Gasteiger partial charge in [0, 0.05) is 17.5 Å². The molecule has 1 aromatic heterocycles. The zero-order valence-corrected chi connectivity index (χ0v) is 16.5. The molecule has 1 atom stereocenters. The summed E-state index contributed by atoms with van der Waals surface area (Å²) in [6.07, 6.45) is 2.88. The van der Waals surface area contributed by atoms with Gasteiger partial charge in [-0.25, -0.2) is 0 Å². The highest BCUT2D eigenvalue weighted by atomic mass is 35.5. The molecule has 1 aliphatic heterocycles. The summed E-state index contributed by atoms with van der Waals surface area (Å²) >= 11 is 1.67. The van der Waals surface area contributed by atoms with Crippen molar-refractivity contribution in [1.82, 2.24) is 15.1 Å². The van der Waals surface area contributed by atoms with Crippen LogP contribution < -0.4 is 5.32 Å². The van der Waals surface area contributed by atoms with Crippen molar-refractivity contribution in [3.63, 3.8) is 0 Å². The highest BCUT2D eigenvalue weighted by Crippen LogP contribution is 2.16. The molecule has 1 aromatic rings. The first-order valence-corrected chi connectivity index (χ1v) is 9.27. The Hall–Kier alpha value is -1.15. The van der Waals surface area contributed by atoms with Gasteiger partial charge < -0.3 is 10.4 Å². The van der Waals surface area contributed by atoms with E-state index in [2.05, 4.69) is 23.2 Å². The predicted octanol–water partition coefficient (Wildman–Crippen LogP) is 1.97. The largest absolute Gasteiger partial charge is 0.480 e. The molecule has 1 unspecified atom stereocenters. The first-order chi connectivity index (χ1) is 11.5. The van der Waals surface area contributed by atoms with Crippen molar-refractivity contribution in [1.29, 1.82) is 0 Å². The minimum Gasteiger partial charge on any atom is -0.480 e. The number of carboxylic acids is 1. The first-order valence-electron chi connectivity index (χ1n) is 8.39. The Morgan fingerprint density at radius 3 is 2.80 bits per heavy atom. The zero-order valence-electron chi connectivity index (χ0n) is 14.9. The number of hydrogen-bond acceptors (Lipinski definition) is 5. The molecule has 2 N–H and O–H groups in total. The van der Waals surface area contributed by atoms with Gasteiger partial charge in [-0.1, -0.05) is 0 Å². The maximum absolute atomic E-state index is 12.2. The van der Waals surface area contributed by atoms with Gasteiger partial charge in [0.15, 0.2) is 0 Å². The lowest BCUT2D eigenvalue weighted by atomic mass is 10.1. The van der Waals surface area contributed by atoms with Crippen molar-refractivity contribution in [2.24, 2.45) is 0 Å². The highest BCUT2D eigenvalue weighted by molar-refractivity contribution is 7.10. The summed E-state index contributed by atoms with van der Waals surface area (Å²) in [6, 6.07) is 2.34. The molecule has 0 spiro atoms. The van der Waals surface area contributed by atoms with Gasteiger partial charge in [-0.05, 0) is 56.8 Å². The van der Waals surface area contributed by atoms with Gasteiger partial charge in [0.05, 0.1) is 19.6 Å². The molecule has 1 saturated heterocycles. The number of likely N-dealkylation sites (tertiary alicyclic amines) is 1. The Bertz CT molecular complexity index is 567. The Balaban J connectivity index is 0.00000312. The number of amides is 1. The van der Waals surface area contributed by atoms with E-state index in [1.165, 1.54) is 10.4 Å². The summed E-state index contributed by atoms with van der Waals surface area (Å²) < 4.78 is 0. The number of aliphatic carboxylic acids is 1. The molecule has 0 bridgehead atoms. The molecule has 0 radical (unpaired) electrons. The molecule has 0 saturated carbocycles. The van der Waals surface area contributed by atoms with Crippen molar-refractivity contribution in [2.45, 2.75) is 38.8 Å². The zero-order chi connectivity index (χ0) is 17.5. The van der Waals surface area contributed by atoms with E-state index in [0.29, 0.717) is 13.1 Å². The van der Waals surface area contributed by atoms with Crippen LogP contribution in [0.4, 0.5) is 0 Å². The number of halogens is 1. The lowest BCUT2D eigenvalue weighted by Crippen LogP contribution is -2.39. The predicted molar refractivity (Wildman–Crippen MR) is 102 cm³/mol. The summed E-state index contributed by atoms with van der Waals surface area (Å²) in [6.45, 7) is 4.87. The standard InChI is InChI=1S/C17H27N3O3S.ClH/c1-13-6-9-24-15(13)10-18-16(21)11-20-7-3-4-14(5-8-20)19(2)12-17(22)23;/h6,9,14H,3-5,7-8,10-12H2,1-2H3,(H,18,21)(H,22,23);1H. The number of nitrogens with one attached hydrogen (secondary N) is 1. The normalized spacial score (nSPS) is 18.4. The van der Waals surface area contributed by atoms with Crippen LogP contribution in [0.15, 0.2) is 11.4 Å². The second-order valence-corrected chi connectivity index (χ2v) is 7.47. The molecule has 2 heterocycles. The molecule has 1 aliphatic rings. The number of likely N-dealkylation sites (N-methyl/N-ethyl adjacent to an activating group) is 1. The average Bonchev–Trinajstić information content (AvgIpc) is 2.78. The Morgan fingerprint density at radius 1 is 1.40 bits per heavy atom. The van der Waals surface area contributed by atoms with E-state index >= 15 is 0 Å². The third-order valence-corrected chi connectivity index (χ3v) is 5.60. The SMILES string of the molecule is Cc1ccsc1CNC(=O)CN1CCCC(N(C)CC(=O)O)CC1.Cl. The van der Waals surface area contributed by atoms with Crippen molar-refractivity contribution < 1.29 is 14.7 Å². The summed E-state index contributed by atoms with van der Waals surface area (Å²) in [4.78, 5) is 28.3. The highest BCUT2D eigenvalue weighted by Gasteiger charge is 2.22. The lowest BCUT2D eigenvalue weighted by Gasteiger charge is -2.25. The van der Waals surface area contributed by atoms with E-state index in [9.17, 15) is 9.59 Å². The van der Waals surface area contributed by atoms with Crippen molar-refractivity contribution >= 4 is 35.6 Å². The molecular formula is C17H28ClN3O3S. The summed E-state index contributed by atoms with van der Waals surface area (Å²) in [7, 11) is 1.87. The van der Waals surface area contributed by atoms with E-state index in [0.717, 1.165) is 32.4 Å². The third kappa shape index (κ3) is 7.32. The molecule has 8 heteroatoms. The smallest absolute Gasteiger partial charge is 0.317 e. The van der Waals surface area contributed by atoms with Gasteiger partial charge in [0.1, 0.15) is 0 Å². The Labute approximate surface area is 159 Å². The summed E-state index contributed by atoms with van der Waals surface area (Å²) in [5, 5.41) is 13.9. The number of thiophene rings is 1. The number of nitrogens with zero attached hydrogens (tertiary/aromatic N) is 2. The molecule has 1 amide bonds. The van der Waals surface area contributed by atoms with Crippen molar-refractivity contribution in [3.05, 3.63) is 21.9 Å². The van der Waals surface area contributed by atoms with Gasteiger partial charge in [-0.15, -0.1) is 23.7 Å². The summed E-state index contributed by atoms with van der Waals surface area (Å²) in [5.41, 5.74) is 1.22. The third-order valence-electron chi connectivity index (χ3n) is 4.58. The number of aryl methyl sites for hydroxylation is 1. The minimum atomic E-state index is -0.790. The van der Waals surface area contributed by atoms with Crippen LogP contribution in [0.2, 0.25) is 0 Å². The Kier molecular flexibility index (Phi) is 9.42. The second-order valence-electron chi connectivity index (χ2n) is 6.47. The molecule has 142 valence electrons. The lowest BCUT2D eigenvalue weighted by molar-refractivity contribution is -0.138. The summed E-state index contributed by atoms with van der Waals surface area (Å²) in [5.74, 6) is -0.734. The molecule has 6 nitrogen and oxygen atoms in total. The van der Waals surface area contributed by atoms with Gasteiger partial charge in [-0.3, -0.25) is 19.4 Å². The van der Waals surface area contributed by atoms with E-state index in [1.54, 1.807) is 11.3 Å². The fourth-order valence-corrected chi connectivity index (χ4v) is 3.95. The number of carboxylic acid groups (broad SMARTS) is 1. The Morgan fingerprint density at radius 2 is 2.16 bits per heavy atom. The van der Waals surface area contributed by atoms with Gasteiger partial charge >= 0.3 is 5.97 Å². The number of carbonyl (C=O) groups is 2. The molecule has 1 fully saturated rings. The van der Waals surface area contributed by atoms with Gasteiger partial charge in [0.25, 0.3) is 0 Å². The fraction of sp³-hybridized carbons (Fsp3) is 0.647. The number of hydrogen-bond donors (Lipinski definition) is 2. The van der Waals surface area contributed by atoms with Crippen LogP contribution in [0.3, 0.4) is 0 Å². The van der Waals surface area contributed by atoms with E-state index in [1.807, 2.05) is 17.3 Å². The number of rotatable bonds is 7. The number of carbonyl (C=O) groups excluding carboxylic acids is 1. The molecular weight excluding hydrogens is 362 g/mol. The second kappa shape index (κ2) is 10.8. The van der Waals surface area contributed by atoms with Crippen LogP contribution in [-0.2, 0) is 16.1 Å². The van der Waals surface area contributed by atoms with Crippen LogP contribution in [0.5, 0.6) is 0 Å². The fourth-order valence-electron chi connectivity index (χ4n) is 3.10. The maximum Gasteiger partial charge on any atom is 0.317 e. The van der Waals surface area contributed by atoms with Crippen LogP contribution in [0, 0.1) is 6.92 Å². The minimum absolute atomic E-state index is 0. The molecule has 0 aliphatic carbocycles. The van der Waals surface area contributed by atoms with Crippen LogP contribution in [-0.4, -0.2) is 66.1 Å². The van der Waals surface area contributed by atoms with Gasteiger partial charge in [0.2, 0.25) is 5.91 Å². The van der Waals surface area contributed by atoms with E-state index in [4.69, 9.17) is 5.11 Å². The monoisotopic (exact) mass is 389 g/mol. The average molecular weight is 390 g/mol. The molecule has 25 heavy (non-hydrogen) atoms. The topological polar surface area (TPSA) is 72.9 Å². The van der Waals surface area contributed by atoms with Crippen LogP contribution in [0.1, 0.15) is 29.7 Å². The molecule has 2 rings (SSSR count).